The molecular formula is C15H22N2O7S. The molecule has 0 saturated carbocycles. The van der Waals surface area contributed by atoms with Gasteiger partial charge >= 0.3 is 5.97 Å². The van der Waals surface area contributed by atoms with Crippen LogP contribution in [0.3, 0.4) is 0 Å². The molecule has 0 unspecified atom stereocenters. The van der Waals surface area contributed by atoms with Crippen molar-refractivity contribution in [2.45, 2.75) is 4.90 Å². The lowest BCUT2D eigenvalue weighted by atomic mass is 10.2. The van der Waals surface area contributed by atoms with E-state index < -0.39 is 28.4 Å². The Hall–Kier alpha value is -2.01. The summed E-state index contributed by atoms with van der Waals surface area (Å²) < 4.78 is 36.1. The number of carboxylic acids is 1. The topological polar surface area (TPSA) is 122 Å². The highest BCUT2D eigenvalue weighted by Crippen LogP contribution is 2.12. The van der Waals surface area contributed by atoms with Crippen LogP contribution in [0.2, 0.25) is 0 Å². The van der Waals surface area contributed by atoms with E-state index in [4.69, 9.17) is 14.6 Å². The first-order chi connectivity index (χ1) is 11.8. The van der Waals surface area contributed by atoms with Crippen molar-refractivity contribution in [2.75, 3.05) is 47.1 Å². The molecule has 0 bridgehead atoms. The van der Waals surface area contributed by atoms with Gasteiger partial charge in [-0.3, -0.25) is 9.59 Å². The van der Waals surface area contributed by atoms with Crippen molar-refractivity contribution in [1.82, 2.24) is 9.62 Å². The number of carbonyl (C=O) groups excluding carboxylic acids is 1. The zero-order valence-corrected chi connectivity index (χ0v) is 14.9. The molecule has 1 amide bonds. The number of carboxylic acid groups (broad SMARTS) is 1. The summed E-state index contributed by atoms with van der Waals surface area (Å²) in [6.07, 6.45) is 0. The lowest BCUT2D eigenvalue weighted by Crippen LogP contribution is -2.38. The number of methoxy groups -OCH3 is 2. The van der Waals surface area contributed by atoms with Gasteiger partial charge in [-0.05, 0) is 24.3 Å². The summed E-state index contributed by atoms with van der Waals surface area (Å²) in [6.45, 7) is 0.193. The van der Waals surface area contributed by atoms with Crippen molar-refractivity contribution in [3.63, 3.8) is 0 Å². The zero-order chi connectivity index (χ0) is 18.9. The third-order valence-corrected chi connectivity index (χ3v) is 4.67. The Morgan fingerprint density at radius 2 is 1.72 bits per heavy atom. The maximum Gasteiger partial charge on any atom is 0.323 e. The highest BCUT2D eigenvalue weighted by molar-refractivity contribution is 7.89. The second kappa shape index (κ2) is 10.1. The van der Waals surface area contributed by atoms with Crippen LogP contribution in [0.15, 0.2) is 29.2 Å². The van der Waals surface area contributed by atoms with E-state index in [-0.39, 0.29) is 36.8 Å². The number of hydrogen-bond donors (Lipinski definition) is 2. The minimum Gasteiger partial charge on any atom is -0.480 e. The quantitative estimate of drug-likeness (QED) is 0.514. The van der Waals surface area contributed by atoms with Gasteiger partial charge in [0, 0.05) is 32.9 Å². The van der Waals surface area contributed by atoms with Crippen LogP contribution < -0.4 is 4.72 Å². The molecule has 0 radical (unpaired) electrons. The fraction of sp³-hybridized carbons (Fsp3) is 0.467. The highest BCUT2D eigenvalue weighted by Gasteiger charge is 2.20. The van der Waals surface area contributed by atoms with Gasteiger partial charge in [0.15, 0.2) is 0 Å². The van der Waals surface area contributed by atoms with Crippen LogP contribution in [-0.2, 0) is 24.3 Å². The van der Waals surface area contributed by atoms with E-state index in [0.29, 0.717) is 0 Å². The van der Waals surface area contributed by atoms with E-state index >= 15 is 0 Å². The summed E-state index contributed by atoms with van der Waals surface area (Å²) in [7, 11) is -0.794. The van der Waals surface area contributed by atoms with Crippen LogP contribution in [0.4, 0.5) is 0 Å². The predicted molar refractivity (Wildman–Crippen MR) is 88.9 cm³/mol. The van der Waals surface area contributed by atoms with Crippen molar-refractivity contribution < 1.29 is 32.6 Å². The van der Waals surface area contributed by atoms with Crippen molar-refractivity contribution in [1.29, 1.82) is 0 Å². The average molecular weight is 374 g/mol. The molecule has 0 saturated heterocycles. The molecule has 0 spiro atoms. The van der Waals surface area contributed by atoms with E-state index in [1.165, 1.54) is 38.5 Å². The lowest BCUT2D eigenvalue weighted by molar-refractivity contribution is -0.137. The van der Waals surface area contributed by atoms with Gasteiger partial charge in [0.1, 0.15) is 6.54 Å². The number of sulfonamides is 1. The van der Waals surface area contributed by atoms with Crippen LogP contribution in [0.1, 0.15) is 10.4 Å². The number of amides is 1. The van der Waals surface area contributed by atoms with Gasteiger partial charge in [-0.2, -0.15) is 0 Å². The normalized spacial score (nSPS) is 11.3. The summed E-state index contributed by atoms with van der Waals surface area (Å²) >= 11 is 0. The van der Waals surface area contributed by atoms with Crippen LogP contribution in [0, 0.1) is 0 Å². The number of nitrogens with zero attached hydrogens (tertiary/aromatic N) is 1. The van der Waals surface area contributed by atoms with Gasteiger partial charge in [-0.1, -0.05) is 0 Å². The van der Waals surface area contributed by atoms with Crippen molar-refractivity contribution in [2.24, 2.45) is 0 Å². The van der Waals surface area contributed by atoms with E-state index in [2.05, 4.69) is 4.72 Å². The standard InChI is InChI=1S/C15H22N2O7S/c1-23-9-7-16-25(21,22)13-5-3-12(4-6-13)15(20)17(8-10-24-2)11-14(18)19/h3-6,16H,7-11H2,1-2H3,(H,18,19). The summed E-state index contributed by atoms with van der Waals surface area (Å²) in [6, 6.07) is 5.26. The molecule has 0 aliphatic carbocycles. The van der Waals surface area contributed by atoms with Crippen LogP contribution in [0.5, 0.6) is 0 Å². The number of nitrogens with one attached hydrogen (secondary N) is 1. The predicted octanol–water partition coefficient (Wildman–Crippen LogP) is -0.215. The number of carbonyl (C=O) groups is 2. The molecule has 0 heterocycles. The zero-order valence-electron chi connectivity index (χ0n) is 14.1. The second-order valence-corrected chi connectivity index (χ2v) is 6.80. The molecule has 0 atom stereocenters. The average Bonchev–Trinajstić information content (AvgIpc) is 2.58. The number of aliphatic carboxylic acids is 1. The smallest absolute Gasteiger partial charge is 0.323 e. The minimum atomic E-state index is -3.70. The number of rotatable bonds is 11. The number of ether oxygens (including phenoxy) is 2. The van der Waals surface area contributed by atoms with E-state index in [0.717, 1.165) is 4.90 Å². The summed E-state index contributed by atoms with van der Waals surface area (Å²) in [5, 5.41) is 8.90. The van der Waals surface area contributed by atoms with Gasteiger partial charge in [0.25, 0.3) is 5.91 Å². The number of benzene rings is 1. The Bertz CT molecular complexity index is 674. The monoisotopic (exact) mass is 374 g/mol. The maximum atomic E-state index is 12.4. The molecule has 1 aromatic carbocycles. The van der Waals surface area contributed by atoms with Crippen LogP contribution >= 0.6 is 0 Å². The molecule has 10 heteroatoms. The fourth-order valence-electron chi connectivity index (χ4n) is 1.94. The number of hydrogen-bond acceptors (Lipinski definition) is 6. The molecule has 1 aromatic rings. The molecule has 140 valence electrons. The Labute approximate surface area is 146 Å². The van der Waals surface area contributed by atoms with Gasteiger partial charge < -0.3 is 19.5 Å². The van der Waals surface area contributed by atoms with Crippen LogP contribution in [0.25, 0.3) is 0 Å². The van der Waals surface area contributed by atoms with E-state index in [1.54, 1.807) is 0 Å². The first-order valence-electron chi connectivity index (χ1n) is 7.40. The summed E-state index contributed by atoms with van der Waals surface area (Å²) in [5.74, 6) is -1.67. The summed E-state index contributed by atoms with van der Waals surface area (Å²) in [4.78, 5) is 24.4. The first kappa shape index (κ1) is 21.0. The Kier molecular flexibility index (Phi) is 8.49. The SMILES string of the molecule is COCCNS(=O)(=O)c1ccc(C(=O)N(CCOC)CC(=O)O)cc1. The maximum absolute atomic E-state index is 12.4. The summed E-state index contributed by atoms with van der Waals surface area (Å²) in [5.41, 5.74) is 0.188. The van der Waals surface area contributed by atoms with E-state index in [9.17, 15) is 18.0 Å². The van der Waals surface area contributed by atoms with Gasteiger partial charge in [-0.25, -0.2) is 13.1 Å². The van der Waals surface area contributed by atoms with E-state index in [1.807, 2.05) is 0 Å². The highest BCUT2D eigenvalue weighted by atomic mass is 32.2. The molecule has 9 nitrogen and oxygen atoms in total. The van der Waals surface area contributed by atoms with Gasteiger partial charge in [0.05, 0.1) is 18.1 Å². The molecular weight excluding hydrogens is 352 g/mol. The van der Waals surface area contributed by atoms with Gasteiger partial charge in [0.2, 0.25) is 10.0 Å². The Balaban J connectivity index is 2.88. The largest absolute Gasteiger partial charge is 0.480 e. The molecule has 0 aliphatic rings. The third kappa shape index (κ3) is 6.78. The van der Waals surface area contributed by atoms with Gasteiger partial charge in [-0.15, -0.1) is 0 Å². The van der Waals surface area contributed by atoms with Crippen molar-refractivity contribution in [3.05, 3.63) is 29.8 Å². The first-order valence-corrected chi connectivity index (χ1v) is 8.88. The van der Waals surface area contributed by atoms with Crippen LogP contribution in [-0.4, -0.2) is 77.4 Å². The van der Waals surface area contributed by atoms with Crippen molar-refractivity contribution in [3.8, 4) is 0 Å². The molecule has 0 fully saturated rings. The molecule has 1 rings (SSSR count). The second-order valence-electron chi connectivity index (χ2n) is 5.03. The Morgan fingerprint density at radius 3 is 2.24 bits per heavy atom. The molecule has 25 heavy (non-hydrogen) atoms. The molecule has 2 N–H and O–H groups in total. The fourth-order valence-corrected chi connectivity index (χ4v) is 2.95. The molecule has 0 aliphatic heterocycles. The third-order valence-electron chi connectivity index (χ3n) is 3.19. The lowest BCUT2D eigenvalue weighted by Gasteiger charge is -2.20. The molecule has 0 aromatic heterocycles. The minimum absolute atomic E-state index is 0.00169. The Morgan fingerprint density at radius 1 is 1.12 bits per heavy atom. The van der Waals surface area contributed by atoms with Crippen molar-refractivity contribution >= 4 is 21.9 Å².